The van der Waals surface area contributed by atoms with E-state index < -0.39 is 15.8 Å². The van der Waals surface area contributed by atoms with Crippen LogP contribution in [0.15, 0.2) is 35.2 Å². The quantitative estimate of drug-likeness (QED) is 0.844. The van der Waals surface area contributed by atoms with Gasteiger partial charge >= 0.3 is 0 Å². The molecule has 0 radical (unpaired) electrons. The average molecular weight is 394 g/mol. The fraction of sp³-hybridized carbons (Fsp3) is 0.368. The topological polar surface area (TPSA) is 67.9 Å². The van der Waals surface area contributed by atoms with Gasteiger partial charge in [-0.2, -0.15) is 0 Å². The number of aryl methyl sites for hydroxylation is 2. The Balaban J connectivity index is 1.94. The predicted octanol–water partition coefficient (Wildman–Crippen LogP) is 3.09. The van der Waals surface area contributed by atoms with Crippen LogP contribution >= 0.6 is 0 Å². The molecule has 0 spiro atoms. The molecule has 0 unspecified atom stereocenters. The molecule has 1 saturated heterocycles. The SMILES string of the molecule is COc1cc(C)c(S(=O)(=O)Nc2cc(N3CCOCC3)ccc2F)c(C)c1. The Morgan fingerprint density at radius 2 is 1.74 bits per heavy atom. The second kappa shape index (κ2) is 7.74. The van der Waals surface area contributed by atoms with Gasteiger partial charge in [0, 0.05) is 18.8 Å². The van der Waals surface area contributed by atoms with Crippen molar-refractivity contribution in [1.82, 2.24) is 0 Å². The van der Waals surface area contributed by atoms with Crippen LogP contribution in [0.25, 0.3) is 0 Å². The van der Waals surface area contributed by atoms with Gasteiger partial charge in [0.25, 0.3) is 10.0 Å². The van der Waals surface area contributed by atoms with Gasteiger partial charge in [0.05, 0.1) is 30.9 Å². The highest BCUT2D eigenvalue weighted by Crippen LogP contribution is 2.30. The molecule has 0 aromatic heterocycles. The van der Waals surface area contributed by atoms with Crippen molar-refractivity contribution in [2.45, 2.75) is 18.7 Å². The Hall–Kier alpha value is -2.32. The molecule has 0 bridgehead atoms. The first-order chi connectivity index (χ1) is 12.8. The van der Waals surface area contributed by atoms with Crippen molar-refractivity contribution in [2.75, 3.05) is 43.0 Å². The molecule has 0 amide bonds. The second-order valence-electron chi connectivity index (χ2n) is 6.46. The molecule has 1 N–H and O–H groups in total. The summed E-state index contributed by atoms with van der Waals surface area (Å²) >= 11 is 0. The molecule has 8 heteroatoms. The maximum atomic E-state index is 14.3. The van der Waals surface area contributed by atoms with Crippen molar-refractivity contribution < 1.29 is 22.3 Å². The lowest BCUT2D eigenvalue weighted by Gasteiger charge is -2.29. The fourth-order valence-electron chi connectivity index (χ4n) is 3.26. The third kappa shape index (κ3) is 4.17. The van der Waals surface area contributed by atoms with Crippen molar-refractivity contribution in [3.05, 3.63) is 47.3 Å². The number of nitrogens with one attached hydrogen (secondary N) is 1. The number of rotatable bonds is 5. The van der Waals surface area contributed by atoms with Crippen molar-refractivity contribution in [3.63, 3.8) is 0 Å². The maximum absolute atomic E-state index is 14.3. The van der Waals surface area contributed by atoms with Crippen molar-refractivity contribution in [1.29, 1.82) is 0 Å². The summed E-state index contributed by atoms with van der Waals surface area (Å²) in [5.41, 5.74) is 1.74. The van der Waals surface area contributed by atoms with Gasteiger partial charge in [-0.05, 0) is 55.3 Å². The number of anilines is 2. The van der Waals surface area contributed by atoms with Gasteiger partial charge in [0.1, 0.15) is 11.6 Å². The van der Waals surface area contributed by atoms with Crippen molar-refractivity contribution >= 4 is 21.4 Å². The van der Waals surface area contributed by atoms with Gasteiger partial charge in [-0.25, -0.2) is 12.8 Å². The molecule has 0 saturated carbocycles. The van der Waals surface area contributed by atoms with E-state index in [-0.39, 0.29) is 10.6 Å². The molecule has 6 nitrogen and oxygen atoms in total. The smallest absolute Gasteiger partial charge is 0.262 e. The van der Waals surface area contributed by atoms with Crippen LogP contribution in [0.3, 0.4) is 0 Å². The number of nitrogens with zero attached hydrogens (tertiary/aromatic N) is 1. The number of sulfonamides is 1. The highest BCUT2D eigenvalue weighted by molar-refractivity contribution is 7.92. The monoisotopic (exact) mass is 394 g/mol. The highest BCUT2D eigenvalue weighted by atomic mass is 32.2. The molecule has 1 aliphatic rings. The van der Waals surface area contributed by atoms with E-state index in [2.05, 4.69) is 4.72 Å². The van der Waals surface area contributed by atoms with Crippen molar-refractivity contribution in [3.8, 4) is 5.75 Å². The van der Waals surface area contributed by atoms with Gasteiger partial charge in [0.15, 0.2) is 0 Å². The van der Waals surface area contributed by atoms with E-state index in [1.807, 2.05) is 4.90 Å². The molecule has 3 rings (SSSR count). The summed E-state index contributed by atoms with van der Waals surface area (Å²) in [6.07, 6.45) is 0. The van der Waals surface area contributed by atoms with Crippen LogP contribution in [0.2, 0.25) is 0 Å². The minimum atomic E-state index is -3.96. The van der Waals surface area contributed by atoms with Gasteiger partial charge in [-0.1, -0.05) is 0 Å². The molecule has 1 fully saturated rings. The number of ether oxygens (including phenoxy) is 2. The molecular formula is C19H23FN2O4S. The lowest BCUT2D eigenvalue weighted by Crippen LogP contribution is -2.36. The zero-order valence-electron chi connectivity index (χ0n) is 15.6. The van der Waals surface area contributed by atoms with E-state index in [4.69, 9.17) is 9.47 Å². The molecular weight excluding hydrogens is 371 g/mol. The van der Waals surface area contributed by atoms with Crippen LogP contribution in [0.4, 0.5) is 15.8 Å². The Labute approximate surface area is 159 Å². The van der Waals surface area contributed by atoms with Crippen LogP contribution in [0.5, 0.6) is 5.75 Å². The number of morpholine rings is 1. The van der Waals surface area contributed by atoms with E-state index in [1.165, 1.54) is 19.2 Å². The Morgan fingerprint density at radius 3 is 2.33 bits per heavy atom. The molecule has 2 aromatic carbocycles. The van der Waals surface area contributed by atoms with Crippen molar-refractivity contribution in [2.24, 2.45) is 0 Å². The predicted molar refractivity (Wildman–Crippen MR) is 103 cm³/mol. The van der Waals surface area contributed by atoms with E-state index >= 15 is 0 Å². The normalized spacial score (nSPS) is 14.9. The van der Waals surface area contributed by atoms with Crippen LogP contribution in [0, 0.1) is 19.7 Å². The zero-order chi connectivity index (χ0) is 19.6. The third-order valence-electron chi connectivity index (χ3n) is 4.51. The summed E-state index contributed by atoms with van der Waals surface area (Å²) in [4.78, 5) is 2.16. The summed E-state index contributed by atoms with van der Waals surface area (Å²) in [6, 6.07) is 7.72. The highest BCUT2D eigenvalue weighted by Gasteiger charge is 2.23. The van der Waals surface area contributed by atoms with Crippen LogP contribution in [-0.4, -0.2) is 41.8 Å². The van der Waals surface area contributed by atoms with Gasteiger partial charge in [-0.3, -0.25) is 4.72 Å². The van der Waals surface area contributed by atoms with E-state index in [0.29, 0.717) is 43.2 Å². The number of methoxy groups -OCH3 is 1. The number of hydrogen-bond acceptors (Lipinski definition) is 5. The fourth-order valence-corrected chi connectivity index (χ4v) is 4.77. The molecule has 27 heavy (non-hydrogen) atoms. The standard InChI is InChI=1S/C19H23FN2O4S/c1-13-10-16(25-3)11-14(2)19(13)27(23,24)21-18-12-15(4-5-17(18)20)22-6-8-26-9-7-22/h4-5,10-12,21H,6-9H2,1-3H3. The lowest BCUT2D eigenvalue weighted by molar-refractivity contribution is 0.122. The summed E-state index contributed by atoms with van der Waals surface area (Å²) in [7, 11) is -2.44. The minimum absolute atomic E-state index is 0.0754. The first kappa shape index (κ1) is 19.4. The van der Waals surface area contributed by atoms with E-state index in [1.54, 1.807) is 32.0 Å². The molecule has 1 aliphatic heterocycles. The minimum Gasteiger partial charge on any atom is -0.497 e. The molecule has 0 atom stereocenters. The lowest BCUT2D eigenvalue weighted by atomic mass is 10.1. The Bertz CT molecular complexity index is 918. The maximum Gasteiger partial charge on any atom is 0.262 e. The second-order valence-corrected chi connectivity index (χ2v) is 8.08. The molecule has 1 heterocycles. The van der Waals surface area contributed by atoms with Crippen LogP contribution < -0.4 is 14.4 Å². The van der Waals surface area contributed by atoms with Gasteiger partial charge in [0.2, 0.25) is 0 Å². The third-order valence-corrected chi connectivity index (χ3v) is 6.18. The van der Waals surface area contributed by atoms with Gasteiger partial charge in [-0.15, -0.1) is 0 Å². The number of benzene rings is 2. The van der Waals surface area contributed by atoms with E-state index in [0.717, 1.165) is 5.69 Å². The Kier molecular flexibility index (Phi) is 5.57. The molecule has 2 aromatic rings. The first-order valence-corrected chi connectivity index (χ1v) is 10.1. The summed E-state index contributed by atoms with van der Waals surface area (Å²) in [5, 5.41) is 0. The van der Waals surface area contributed by atoms with Gasteiger partial charge < -0.3 is 14.4 Å². The largest absolute Gasteiger partial charge is 0.497 e. The molecule has 0 aliphatic carbocycles. The summed E-state index contributed by atoms with van der Waals surface area (Å²) in [5.74, 6) is -0.0520. The average Bonchev–Trinajstić information content (AvgIpc) is 2.63. The van der Waals surface area contributed by atoms with Crippen LogP contribution in [0.1, 0.15) is 11.1 Å². The summed E-state index contributed by atoms with van der Waals surface area (Å²) < 4.78 is 53.1. The van der Waals surface area contributed by atoms with Crippen LogP contribution in [-0.2, 0) is 14.8 Å². The first-order valence-electron chi connectivity index (χ1n) is 8.62. The number of hydrogen-bond donors (Lipinski definition) is 1. The number of halogens is 1. The van der Waals surface area contributed by atoms with E-state index in [9.17, 15) is 12.8 Å². The summed E-state index contributed by atoms with van der Waals surface area (Å²) in [6.45, 7) is 5.89. The zero-order valence-corrected chi connectivity index (χ0v) is 16.4. The molecule has 146 valence electrons. The Morgan fingerprint density at radius 1 is 1.11 bits per heavy atom.